The molecule has 30 heavy (non-hydrogen) atoms. The molecular weight excluding hydrogens is 388 g/mol. The van der Waals surface area contributed by atoms with Gasteiger partial charge in [0.05, 0.1) is 23.2 Å². The minimum Gasteiger partial charge on any atom is -0.337 e. The van der Waals surface area contributed by atoms with Gasteiger partial charge in [0.1, 0.15) is 23.8 Å². The van der Waals surface area contributed by atoms with Crippen molar-refractivity contribution in [2.75, 3.05) is 0 Å². The normalized spacial score (nSPS) is 10.8. The minimum absolute atomic E-state index is 0.0152. The number of nitriles is 2. The van der Waals surface area contributed by atoms with Gasteiger partial charge in [0, 0.05) is 22.7 Å². The molecule has 0 aliphatic rings. The van der Waals surface area contributed by atoms with E-state index in [2.05, 4.69) is 16.2 Å². The van der Waals surface area contributed by atoms with E-state index in [9.17, 15) is 19.3 Å². The second-order valence-electron chi connectivity index (χ2n) is 6.79. The molecule has 0 saturated carbocycles. The molecule has 2 aromatic heterocycles. The van der Waals surface area contributed by atoms with Gasteiger partial charge in [0.15, 0.2) is 5.82 Å². The monoisotopic (exact) mass is 403 g/mol. The topological polar surface area (TPSA) is 91.4 Å². The maximum absolute atomic E-state index is 13.5. The molecule has 0 unspecified atom stereocenters. The number of halogens is 2. The first-order valence-electron chi connectivity index (χ1n) is 9.28. The van der Waals surface area contributed by atoms with Gasteiger partial charge in [-0.1, -0.05) is 18.5 Å². The van der Waals surface area contributed by atoms with Crippen molar-refractivity contribution in [2.24, 2.45) is 0 Å². The third-order valence-electron chi connectivity index (χ3n) is 4.79. The summed E-state index contributed by atoms with van der Waals surface area (Å²) in [6.45, 7) is 2.29. The van der Waals surface area contributed by atoms with Gasteiger partial charge in [-0.3, -0.25) is 0 Å². The average Bonchev–Trinajstić information content (AvgIpc) is 3.32. The lowest BCUT2D eigenvalue weighted by Crippen LogP contribution is -2.05. The highest BCUT2D eigenvalue weighted by Gasteiger charge is 2.17. The molecule has 0 fully saturated rings. The van der Waals surface area contributed by atoms with Crippen LogP contribution in [0.5, 0.6) is 0 Å². The number of aromatic nitrogens is 3. The first-order chi connectivity index (χ1) is 14.5. The van der Waals surface area contributed by atoms with Crippen LogP contribution in [0.15, 0.2) is 40.9 Å². The SMILES string of the molecule is CCCc1cc2c(C#N)c(C#N)ccc2n1Cc1noc(-c2cc(F)cc(F)c2)n1. The summed E-state index contributed by atoms with van der Waals surface area (Å²) in [7, 11) is 0. The van der Waals surface area contributed by atoms with Crippen LogP contribution in [0.25, 0.3) is 22.4 Å². The summed E-state index contributed by atoms with van der Waals surface area (Å²) in [4.78, 5) is 4.27. The fourth-order valence-corrected chi connectivity index (χ4v) is 3.51. The van der Waals surface area contributed by atoms with Crippen LogP contribution in [0.4, 0.5) is 8.78 Å². The van der Waals surface area contributed by atoms with E-state index in [1.807, 2.05) is 23.6 Å². The summed E-state index contributed by atoms with van der Waals surface area (Å²) in [5.74, 6) is -1.12. The number of rotatable bonds is 5. The summed E-state index contributed by atoms with van der Waals surface area (Å²) in [5, 5.41) is 23.4. The van der Waals surface area contributed by atoms with Crippen molar-refractivity contribution >= 4 is 10.9 Å². The first kappa shape index (κ1) is 19.3. The molecule has 0 aliphatic carbocycles. The van der Waals surface area contributed by atoms with Gasteiger partial charge >= 0.3 is 0 Å². The Bertz CT molecular complexity index is 1320. The zero-order valence-corrected chi connectivity index (χ0v) is 16.0. The van der Waals surface area contributed by atoms with Gasteiger partial charge in [-0.05, 0) is 36.8 Å². The lowest BCUT2D eigenvalue weighted by Gasteiger charge is -2.08. The van der Waals surface area contributed by atoms with E-state index in [0.29, 0.717) is 22.3 Å². The van der Waals surface area contributed by atoms with Crippen molar-refractivity contribution < 1.29 is 13.3 Å². The van der Waals surface area contributed by atoms with Gasteiger partial charge in [0.2, 0.25) is 0 Å². The maximum atomic E-state index is 13.5. The predicted molar refractivity (Wildman–Crippen MR) is 104 cm³/mol. The molecule has 2 aromatic carbocycles. The zero-order valence-electron chi connectivity index (χ0n) is 16.0. The number of fused-ring (bicyclic) bond motifs is 1. The highest BCUT2D eigenvalue weighted by molar-refractivity contribution is 5.89. The second kappa shape index (κ2) is 7.76. The fourth-order valence-electron chi connectivity index (χ4n) is 3.51. The number of hydrogen-bond acceptors (Lipinski definition) is 5. The molecule has 4 rings (SSSR count). The molecule has 0 atom stereocenters. The van der Waals surface area contributed by atoms with Crippen LogP contribution in [0, 0.1) is 34.3 Å². The van der Waals surface area contributed by atoms with Crippen LogP contribution in [0.2, 0.25) is 0 Å². The van der Waals surface area contributed by atoms with Crippen LogP contribution in [0.1, 0.15) is 36.0 Å². The molecular formula is C22H15F2N5O. The first-order valence-corrected chi connectivity index (χ1v) is 9.28. The Labute approximate surface area is 170 Å². The molecule has 2 heterocycles. The van der Waals surface area contributed by atoms with Crippen LogP contribution in [-0.2, 0) is 13.0 Å². The van der Waals surface area contributed by atoms with Gasteiger partial charge in [-0.25, -0.2) is 8.78 Å². The molecule has 4 aromatic rings. The largest absolute Gasteiger partial charge is 0.337 e. The Morgan fingerprint density at radius 3 is 2.50 bits per heavy atom. The Kier molecular flexibility index (Phi) is 4.99. The third kappa shape index (κ3) is 3.40. The van der Waals surface area contributed by atoms with Crippen LogP contribution in [-0.4, -0.2) is 14.7 Å². The van der Waals surface area contributed by atoms with Gasteiger partial charge in [-0.2, -0.15) is 15.5 Å². The van der Waals surface area contributed by atoms with E-state index in [-0.39, 0.29) is 18.0 Å². The Balaban J connectivity index is 1.77. The lowest BCUT2D eigenvalue weighted by atomic mass is 10.0. The Morgan fingerprint density at radius 2 is 1.83 bits per heavy atom. The number of aryl methyl sites for hydroxylation is 1. The molecule has 0 N–H and O–H groups in total. The van der Waals surface area contributed by atoms with Crippen LogP contribution >= 0.6 is 0 Å². The average molecular weight is 403 g/mol. The highest BCUT2D eigenvalue weighted by atomic mass is 19.1. The standard InChI is InChI=1S/C22H15F2N5O/c1-2-3-17-9-18-19(11-26)13(10-25)4-5-20(18)29(17)12-21-27-22(30-28-21)14-6-15(23)8-16(24)7-14/h4-9H,2-3,12H2,1H3. The van der Waals surface area contributed by atoms with Crippen molar-refractivity contribution in [3.63, 3.8) is 0 Å². The van der Waals surface area contributed by atoms with Crippen molar-refractivity contribution in [3.05, 3.63) is 70.7 Å². The molecule has 0 aliphatic heterocycles. The number of nitrogens with zero attached hydrogens (tertiary/aromatic N) is 5. The van der Waals surface area contributed by atoms with Crippen LogP contribution in [0.3, 0.4) is 0 Å². The van der Waals surface area contributed by atoms with E-state index in [0.717, 1.165) is 42.3 Å². The van der Waals surface area contributed by atoms with E-state index in [4.69, 9.17) is 4.52 Å². The van der Waals surface area contributed by atoms with Gasteiger partial charge in [0.25, 0.3) is 5.89 Å². The predicted octanol–water partition coefficient (Wildman–Crippen LogP) is 4.71. The Hall–Kier alpha value is -4.04. The summed E-state index contributed by atoms with van der Waals surface area (Å²) >= 11 is 0. The summed E-state index contributed by atoms with van der Waals surface area (Å²) < 4.78 is 34.1. The molecule has 0 radical (unpaired) electrons. The molecule has 0 saturated heterocycles. The van der Waals surface area contributed by atoms with Crippen molar-refractivity contribution in [2.45, 2.75) is 26.3 Å². The van der Waals surface area contributed by atoms with E-state index < -0.39 is 11.6 Å². The Morgan fingerprint density at radius 1 is 1.07 bits per heavy atom. The van der Waals surface area contributed by atoms with Gasteiger partial charge < -0.3 is 9.09 Å². The van der Waals surface area contributed by atoms with Crippen LogP contribution < -0.4 is 0 Å². The third-order valence-corrected chi connectivity index (χ3v) is 4.79. The molecule has 6 nitrogen and oxygen atoms in total. The second-order valence-corrected chi connectivity index (χ2v) is 6.79. The number of hydrogen-bond donors (Lipinski definition) is 0. The summed E-state index contributed by atoms with van der Waals surface area (Å²) in [5.41, 5.74) is 2.54. The molecule has 0 spiro atoms. The van der Waals surface area contributed by atoms with E-state index >= 15 is 0 Å². The van der Waals surface area contributed by atoms with Crippen molar-refractivity contribution in [1.82, 2.24) is 14.7 Å². The smallest absolute Gasteiger partial charge is 0.258 e. The molecule has 8 heteroatoms. The molecule has 148 valence electrons. The molecule has 0 bridgehead atoms. The lowest BCUT2D eigenvalue weighted by molar-refractivity contribution is 0.420. The van der Waals surface area contributed by atoms with E-state index in [1.165, 1.54) is 0 Å². The van der Waals surface area contributed by atoms with E-state index in [1.54, 1.807) is 12.1 Å². The van der Waals surface area contributed by atoms with Crippen molar-refractivity contribution in [1.29, 1.82) is 10.5 Å². The summed E-state index contributed by atoms with van der Waals surface area (Å²) in [6, 6.07) is 12.5. The van der Waals surface area contributed by atoms with Crippen molar-refractivity contribution in [3.8, 4) is 23.6 Å². The zero-order chi connectivity index (χ0) is 21.3. The quantitative estimate of drug-likeness (QED) is 0.481. The fraction of sp³-hybridized carbons (Fsp3) is 0.182. The maximum Gasteiger partial charge on any atom is 0.258 e. The number of benzene rings is 2. The molecule has 0 amide bonds. The highest BCUT2D eigenvalue weighted by Crippen LogP contribution is 2.28. The summed E-state index contributed by atoms with van der Waals surface area (Å²) in [6.07, 6.45) is 1.63. The minimum atomic E-state index is -0.733. The van der Waals surface area contributed by atoms with Gasteiger partial charge in [-0.15, -0.1) is 0 Å².